The number of hydrogen-bond donors (Lipinski definition) is 1. The van der Waals surface area contributed by atoms with Crippen molar-refractivity contribution >= 4 is 39.4 Å². The standard InChI is InChI=1S/C20H16N4O5S.Na/c1-9(25)14-12-5-11(16(20(28)29)24(12)18(14)27)13-7-23-8-22-15(19(23)30-13)17(26)10-3-2-4-21-6-10;/h2-4,6-9,12,14,25H,5H2,1H3,(H,28,29);/q;+1/p-1/t9-,12-,14-;/m1./s1. The third-order valence-corrected chi connectivity index (χ3v) is 6.74. The first-order chi connectivity index (χ1) is 14.4. The molecule has 11 heteroatoms. The van der Waals surface area contributed by atoms with E-state index in [1.54, 1.807) is 28.9 Å². The number of pyridine rings is 1. The summed E-state index contributed by atoms with van der Waals surface area (Å²) in [6.07, 6.45) is 5.65. The van der Waals surface area contributed by atoms with Gasteiger partial charge in [0.25, 0.3) is 0 Å². The maximum Gasteiger partial charge on any atom is 1.00 e. The van der Waals surface area contributed by atoms with Gasteiger partial charge >= 0.3 is 29.6 Å². The average Bonchev–Trinajstić information content (AvgIpc) is 3.38. The topological polar surface area (TPSA) is 128 Å². The average molecular weight is 446 g/mol. The molecule has 1 N–H and O–H groups in total. The zero-order valence-corrected chi connectivity index (χ0v) is 19.5. The number of ketones is 1. The van der Waals surface area contributed by atoms with E-state index in [4.69, 9.17) is 0 Å². The molecule has 9 nitrogen and oxygen atoms in total. The van der Waals surface area contributed by atoms with Gasteiger partial charge in [0.05, 0.1) is 34.6 Å². The number of aliphatic hydroxyl groups is 1. The van der Waals surface area contributed by atoms with Crippen LogP contribution in [-0.2, 0) is 9.59 Å². The maximum absolute atomic E-state index is 12.8. The number of aliphatic hydroxyl groups excluding tert-OH is 1. The molecule has 5 rings (SSSR count). The summed E-state index contributed by atoms with van der Waals surface area (Å²) in [6, 6.07) is 2.90. The van der Waals surface area contributed by atoms with E-state index in [1.165, 1.54) is 35.7 Å². The van der Waals surface area contributed by atoms with E-state index in [1.807, 2.05) is 0 Å². The van der Waals surface area contributed by atoms with E-state index >= 15 is 0 Å². The fourth-order valence-electron chi connectivity index (χ4n) is 4.21. The summed E-state index contributed by atoms with van der Waals surface area (Å²) < 4.78 is 1.66. The van der Waals surface area contributed by atoms with Gasteiger partial charge in [-0.25, -0.2) is 4.98 Å². The quantitative estimate of drug-likeness (QED) is 0.253. The van der Waals surface area contributed by atoms with Crippen LogP contribution in [0, 0.1) is 5.92 Å². The van der Waals surface area contributed by atoms with Crippen LogP contribution >= 0.6 is 11.3 Å². The van der Waals surface area contributed by atoms with Crippen LogP contribution in [0.2, 0.25) is 0 Å². The Labute approximate surface area is 202 Å². The molecule has 3 aromatic rings. The van der Waals surface area contributed by atoms with Crippen LogP contribution in [0.3, 0.4) is 0 Å². The molecule has 1 amide bonds. The van der Waals surface area contributed by atoms with E-state index in [2.05, 4.69) is 9.97 Å². The Kier molecular flexibility index (Phi) is 5.61. The number of thiazole rings is 1. The normalized spacial score (nSPS) is 21.0. The van der Waals surface area contributed by atoms with Crippen molar-refractivity contribution in [3.63, 3.8) is 0 Å². The number of aliphatic carboxylic acids is 1. The van der Waals surface area contributed by atoms with E-state index in [0.717, 1.165) is 0 Å². The summed E-state index contributed by atoms with van der Waals surface area (Å²) in [5, 5.41) is 21.7. The molecule has 0 radical (unpaired) electrons. The molecule has 3 atom stereocenters. The monoisotopic (exact) mass is 446 g/mol. The summed E-state index contributed by atoms with van der Waals surface area (Å²) >= 11 is 1.22. The molecule has 0 spiro atoms. The third kappa shape index (κ3) is 3.26. The molecule has 5 heterocycles. The van der Waals surface area contributed by atoms with Crippen molar-refractivity contribution in [2.45, 2.75) is 25.5 Å². The Morgan fingerprint density at radius 3 is 2.81 bits per heavy atom. The largest absolute Gasteiger partial charge is 1.00 e. The van der Waals surface area contributed by atoms with Gasteiger partial charge in [0.2, 0.25) is 11.7 Å². The van der Waals surface area contributed by atoms with Gasteiger partial charge < -0.3 is 19.9 Å². The Hall–Kier alpha value is -2.37. The molecule has 152 valence electrons. The summed E-state index contributed by atoms with van der Waals surface area (Å²) in [5.41, 5.74) is 0.941. The Morgan fingerprint density at radius 1 is 1.39 bits per heavy atom. The van der Waals surface area contributed by atoms with Gasteiger partial charge in [-0.2, -0.15) is 0 Å². The molecule has 1 saturated heterocycles. The third-order valence-electron chi connectivity index (χ3n) is 5.57. The smallest absolute Gasteiger partial charge is 0.543 e. The number of β-lactam (4-membered cyclic amide) rings is 1. The molecular weight excluding hydrogens is 431 g/mol. The molecule has 0 aliphatic carbocycles. The number of amides is 1. The molecule has 2 aliphatic rings. The molecule has 31 heavy (non-hydrogen) atoms. The fourth-order valence-corrected chi connectivity index (χ4v) is 5.33. The number of carbonyl (C=O) groups excluding carboxylic acids is 3. The molecule has 0 aromatic carbocycles. The molecule has 0 saturated carbocycles. The van der Waals surface area contributed by atoms with Crippen molar-refractivity contribution in [2.75, 3.05) is 0 Å². The number of aromatic nitrogens is 3. The number of carboxylic acids is 1. The Balaban J connectivity index is 0.00000231. The van der Waals surface area contributed by atoms with Crippen LogP contribution in [-0.4, -0.2) is 54.2 Å². The zero-order chi connectivity index (χ0) is 21.2. The minimum Gasteiger partial charge on any atom is -0.543 e. The number of hydrogen-bond acceptors (Lipinski definition) is 8. The van der Waals surface area contributed by atoms with Crippen LogP contribution in [0.1, 0.15) is 34.3 Å². The number of rotatable bonds is 5. The first-order valence-corrected chi connectivity index (χ1v) is 10.1. The Morgan fingerprint density at radius 2 is 2.16 bits per heavy atom. The first-order valence-electron chi connectivity index (χ1n) is 9.25. The second-order valence-corrected chi connectivity index (χ2v) is 8.36. The summed E-state index contributed by atoms with van der Waals surface area (Å²) in [7, 11) is 0. The second-order valence-electron chi connectivity index (χ2n) is 7.33. The minimum absolute atomic E-state index is 0. The second kappa shape index (κ2) is 7.95. The molecule has 1 fully saturated rings. The molecule has 0 unspecified atom stereocenters. The number of carbonyl (C=O) groups is 3. The van der Waals surface area contributed by atoms with Gasteiger partial charge in [0.1, 0.15) is 16.9 Å². The van der Waals surface area contributed by atoms with Crippen molar-refractivity contribution in [3.05, 3.63) is 58.9 Å². The SMILES string of the molecule is C[C@@H](O)[C@H]1C(=O)N2C(C(=O)[O-])=C(c3cn4cnc(C(=O)c5cccnc5)c4s3)C[C@H]12.[Na+]. The summed E-state index contributed by atoms with van der Waals surface area (Å²) in [6.45, 7) is 1.52. The van der Waals surface area contributed by atoms with Gasteiger partial charge in [0.15, 0.2) is 0 Å². The van der Waals surface area contributed by atoms with Gasteiger partial charge in [-0.05, 0) is 31.1 Å². The van der Waals surface area contributed by atoms with Crippen molar-refractivity contribution in [3.8, 4) is 0 Å². The maximum atomic E-state index is 12.8. The van der Waals surface area contributed by atoms with Crippen LogP contribution in [0.5, 0.6) is 0 Å². The molecule has 3 aromatic heterocycles. The van der Waals surface area contributed by atoms with Crippen LogP contribution in [0.15, 0.2) is 42.7 Å². The number of carboxylic acid groups (broad SMARTS) is 1. The number of fused-ring (bicyclic) bond motifs is 2. The summed E-state index contributed by atoms with van der Waals surface area (Å²) in [5.74, 6) is -2.77. The predicted molar refractivity (Wildman–Crippen MR) is 103 cm³/mol. The zero-order valence-electron chi connectivity index (χ0n) is 16.7. The minimum atomic E-state index is -1.44. The first kappa shape index (κ1) is 21.8. The number of imidazole rings is 1. The molecular formula is C20H15N4NaO5S. The number of nitrogens with zero attached hydrogens (tertiary/aromatic N) is 4. The van der Waals surface area contributed by atoms with Crippen molar-refractivity contribution < 1.29 is 54.2 Å². The van der Waals surface area contributed by atoms with E-state index in [-0.39, 0.29) is 46.7 Å². The van der Waals surface area contributed by atoms with Crippen LogP contribution in [0.4, 0.5) is 0 Å². The van der Waals surface area contributed by atoms with Gasteiger partial charge in [-0.15, -0.1) is 11.3 Å². The fraction of sp³-hybridized carbons (Fsp3) is 0.250. The van der Waals surface area contributed by atoms with Gasteiger partial charge in [-0.3, -0.25) is 19.0 Å². The van der Waals surface area contributed by atoms with Crippen molar-refractivity contribution in [1.82, 2.24) is 19.3 Å². The summed E-state index contributed by atoms with van der Waals surface area (Å²) in [4.78, 5) is 47.5. The predicted octanol–water partition coefficient (Wildman–Crippen LogP) is -2.90. The van der Waals surface area contributed by atoms with E-state index < -0.39 is 29.9 Å². The van der Waals surface area contributed by atoms with Gasteiger partial charge in [-0.1, -0.05) is 0 Å². The van der Waals surface area contributed by atoms with Gasteiger partial charge in [0, 0.05) is 24.2 Å². The van der Waals surface area contributed by atoms with Crippen LogP contribution in [0.25, 0.3) is 10.4 Å². The van der Waals surface area contributed by atoms with E-state index in [0.29, 0.717) is 27.3 Å². The molecule has 0 bridgehead atoms. The molecule has 2 aliphatic heterocycles. The van der Waals surface area contributed by atoms with Crippen molar-refractivity contribution in [1.29, 1.82) is 0 Å². The Bertz CT molecular complexity index is 1250. The van der Waals surface area contributed by atoms with E-state index in [9.17, 15) is 24.6 Å². The van der Waals surface area contributed by atoms with Crippen molar-refractivity contribution in [2.24, 2.45) is 5.92 Å². The van der Waals surface area contributed by atoms with Crippen LogP contribution < -0.4 is 34.7 Å².